The van der Waals surface area contributed by atoms with Gasteiger partial charge in [-0.05, 0) is 18.6 Å². The maximum absolute atomic E-state index is 5.83. The molecule has 0 aliphatic carbocycles. The molecule has 0 radical (unpaired) electrons. The number of hydrogen-bond acceptors (Lipinski definition) is 5. The minimum atomic E-state index is 0.450. The molecule has 100 valence electrons. The van der Waals surface area contributed by atoms with Crippen molar-refractivity contribution >= 4 is 16.7 Å². The lowest BCUT2D eigenvalue weighted by atomic mass is 10.2. The van der Waals surface area contributed by atoms with Gasteiger partial charge in [0, 0.05) is 5.39 Å². The molecule has 0 aliphatic rings. The van der Waals surface area contributed by atoms with E-state index in [1.54, 1.807) is 6.20 Å². The molecule has 3 rings (SSSR count). The molecule has 1 aromatic carbocycles. The molecule has 3 aromatic rings. The number of benzene rings is 1. The molecule has 0 spiro atoms. The Labute approximate surface area is 116 Å². The summed E-state index contributed by atoms with van der Waals surface area (Å²) in [5.41, 5.74) is 7.56. The largest absolute Gasteiger partial charge is 0.437 e. The first kappa shape index (κ1) is 12.3. The maximum Gasteiger partial charge on any atom is 0.227 e. The summed E-state index contributed by atoms with van der Waals surface area (Å²) in [5, 5.41) is 1.02. The quantitative estimate of drug-likeness (QED) is 0.788. The summed E-state index contributed by atoms with van der Waals surface area (Å²) in [6, 6.07) is 9.80. The first-order valence-corrected chi connectivity index (χ1v) is 6.40. The minimum absolute atomic E-state index is 0.450. The Balaban J connectivity index is 1.99. The maximum atomic E-state index is 5.83. The molecule has 2 N–H and O–H groups in total. The van der Waals surface area contributed by atoms with Gasteiger partial charge in [0.1, 0.15) is 17.9 Å². The summed E-state index contributed by atoms with van der Waals surface area (Å²) in [6.45, 7) is 1.99. The monoisotopic (exact) mass is 266 g/mol. The van der Waals surface area contributed by atoms with Crippen molar-refractivity contribution in [2.45, 2.75) is 13.3 Å². The van der Waals surface area contributed by atoms with E-state index in [1.807, 2.05) is 37.3 Å². The number of pyridine rings is 1. The third kappa shape index (κ3) is 2.25. The Hall–Kier alpha value is -2.69. The highest BCUT2D eigenvalue weighted by Crippen LogP contribution is 2.27. The fraction of sp³-hybridized carbons (Fsp3) is 0.133. The van der Waals surface area contributed by atoms with Crippen molar-refractivity contribution in [2.24, 2.45) is 0 Å². The number of anilines is 1. The number of nitrogens with two attached hydrogens (primary N) is 1. The van der Waals surface area contributed by atoms with Gasteiger partial charge in [0.2, 0.25) is 5.88 Å². The van der Waals surface area contributed by atoms with E-state index in [0.717, 1.165) is 16.5 Å². The van der Waals surface area contributed by atoms with Crippen LogP contribution in [0.3, 0.4) is 0 Å². The van der Waals surface area contributed by atoms with Crippen molar-refractivity contribution in [3.63, 3.8) is 0 Å². The predicted octanol–water partition coefficient (Wildman–Crippen LogP) is 2.96. The highest BCUT2D eigenvalue weighted by molar-refractivity contribution is 5.79. The molecular weight excluding hydrogens is 252 g/mol. The van der Waals surface area contributed by atoms with E-state index in [4.69, 9.17) is 10.5 Å². The van der Waals surface area contributed by atoms with Gasteiger partial charge in [0.15, 0.2) is 0 Å². The number of aromatic nitrogens is 3. The first-order chi connectivity index (χ1) is 9.78. The third-order valence-electron chi connectivity index (χ3n) is 3.07. The van der Waals surface area contributed by atoms with E-state index in [1.165, 1.54) is 6.33 Å². The molecule has 0 bridgehead atoms. The van der Waals surface area contributed by atoms with Crippen LogP contribution in [0.15, 0.2) is 42.9 Å². The van der Waals surface area contributed by atoms with Crippen LogP contribution in [0.25, 0.3) is 10.9 Å². The van der Waals surface area contributed by atoms with Crippen LogP contribution in [0.4, 0.5) is 5.82 Å². The van der Waals surface area contributed by atoms with Crippen LogP contribution >= 0.6 is 0 Å². The zero-order chi connectivity index (χ0) is 13.9. The number of fused-ring (bicyclic) bond motifs is 1. The number of hydrogen-bond donors (Lipinski definition) is 1. The Kier molecular flexibility index (Phi) is 3.16. The van der Waals surface area contributed by atoms with Gasteiger partial charge in [0.25, 0.3) is 0 Å². The summed E-state index contributed by atoms with van der Waals surface area (Å²) in [7, 11) is 0. The fourth-order valence-corrected chi connectivity index (χ4v) is 2.05. The molecule has 2 aromatic heterocycles. The third-order valence-corrected chi connectivity index (χ3v) is 3.07. The summed E-state index contributed by atoms with van der Waals surface area (Å²) < 4.78 is 5.80. The van der Waals surface area contributed by atoms with Gasteiger partial charge in [-0.1, -0.05) is 25.1 Å². The summed E-state index contributed by atoms with van der Waals surface area (Å²) in [6.07, 6.45) is 3.79. The molecule has 5 nitrogen and oxygen atoms in total. The molecule has 0 saturated heterocycles. The van der Waals surface area contributed by atoms with Crippen LogP contribution in [0, 0.1) is 0 Å². The predicted molar refractivity (Wildman–Crippen MR) is 77.6 cm³/mol. The highest BCUT2D eigenvalue weighted by atomic mass is 16.5. The molecule has 0 amide bonds. The Bertz CT molecular complexity index is 758. The highest BCUT2D eigenvalue weighted by Gasteiger charge is 2.10. The number of nitrogen functional groups attached to an aromatic ring is 1. The molecule has 0 fully saturated rings. The van der Waals surface area contributed by atoms with E-state index < -0.39 is 0 Å². The standard InChI is InChI=1S/C15H14N4O/c1-2-12-14(16)18-9-19-15(12)20-11-7-10-5-3-4-6-13(10)17-8-11/h3-9H,2H2,1H3,(H2,16,18,19). The number of ether oxygens (including phenoxy) is 1. The summed E-state index contributed by atoms with van der Waals surface area (Å²) in [5.74, 6) is 1.57. The molecular formula is C15H14N4O. The van der Waals surface area contributed by atoms with Crippen LogP contribution in [-0.2, 0) is 6.42 Å². The number of nitrogens with zero attached hydrogens (tertiary/aromatic N) is 3. The second-order valence-electron chi connectivity index (χ2n) is 4.36. The van der Waals surface area contributed by atoms with Crippen LogP contribution < -0.4 is 10.5 Å². The molecule has 0 unspecified atom stereocenters. The van der Waals surface area contributed by atoms with Gasteiger partial charge in [-0.15, -0.1) is 0 Å². The molecule has 0 saturated carbocycles. The van der Waals surface area contributed by atoms with E-state index >= 15 is 0 Å². The van der Waals surface area contributed by atoms with Gasteiger partial charge in [-0.3, -0.25) is 4.98 Å². The fourth-order valence-electron chi connectivity index (χ4n) is 2.05. The molecule has 0 atom stereocenters. The van der Waals surface area contributed by atoms with Crippen LogP contribution in [-0.4, -0.2) is 15.0 Å². The number of rotatable bonds is 3. The van der Waals surface area contributed by atoms with Gasteiger partial charge in [-0.25, -0.2) is 9.97 Å². The lowest BCUT2D eigenvalue weighted by Gasteiger charge is -2.10. The first-order valence-electron chi connectivity index (χ1n) is 6.40. The van der Waals surface area contributed by atoms with Crippen LogP contribution in [0.5, 0.6) is 11.6 Å². The average Bonchev–Trinajstić information content (AvgIpc) is 2.47. The van der Waals surface area contributed by atoms with Crippen molar-refractivity contribution in [3.05, 3.63) is 48.4 Å². The smallest absolute Gasteiger partial charge is 0.227 e. The van der Waals surface area contributed by atoms with Crippen LogP contribution in [0.1, 0.15) is 12.5 Å². The molecule has 2 heterocycles. The van der Waals surface area contributed by atoms with Crippen molar-refractivity contribution in [1.82, 2.24) is 15.0 Å². The van der Waals surface area contributed by atoms with E-state index in [9.17, 15) is 0 Å². The molecule has 0 aliphatic heterocycles. The van der Waals surface area contributed by atoms with Crippen molar-refractivity contribution in [2.75, 3.05) is 5.73 Å². The normalized spacial score (nSPS) is 10.7. The van der Waals surface area contributed by atoms with Crippen molar-refractivity contribution < 1.29 is 4.74 Å². The van der Waals surface area contributed by atoms with E-state index in [-0.39, 0.29) is 0 Å². The average molecular weight is 266 g/mol. The van der Waals surface area contributed by atoms with Crippen LogP contribution in [0.2, 0.25) is 0 Å². The van der Waals surface area contributed by atoms with Crippen molar-refractivity contribution in [1.29, 1.82) is 0 Å². The summed E-state index contributed by atoms with van der Waals surface area (Å²) in [4.78, 5) is 12.5. The second-order valence-corrected chi connectivity index (χ2v) is 4.36. The number of para-hydroxylation sites is 1. The van der Waals surface area contributed by atoms with Crippen molar-refractivity contribution in [3.8, 4) is 11.6 Å². The lowest BCUT2D eigenvalue weighted by Crippen LogP contribution is -2.01. The van der Waals surface area contributed by atoms with Gasteiger partial charge < -0.3 is 10.5 Å². The zero-order valence-electron chi connectivity index (χ0n) is 11.1. The van der Waals surface area contributed by atoms with Gasteiger partial charge in [-0.2, -0.15) is 0 Å². The Morgan fingerprint density at radius 2 is 2.00 bits per heavy atom. The molecule has 20 heavy (non-hydrogen) atoms. The Morgan fingerprint density at radius 1 is 1.15 bits per heavy atom. The lowest BCUT2D eigenvalue weighted by molar-refractivity contribution is 0.454. The topological polar surface area (TPSA) is 73.9 Å². The second kappa shape index (κ2) is 5.13. The minimum Gasteiger partial charge on any atom is -0.437 e. The van der Waals surface area contributed by atoms with E-state index in [2.05, 4.69) is 15.0 Å². The zero-order valence-corrected chi connectivity index (χ0v) is 11.1. The van der Waals surface area contributed by atoms with Gasteiger partial charge in [0.05, 0.1) is 17.3 Å². The summed E-state index contributed by atoms with van der Waals surface area (Å²) >= 11 is 0. The molecule has 5 heteroatoms. The Morgan fingerprint density at radius 3 is 2.85 bits per heavy atom. The van der Waals surface area contributed by atoms with E-state index in [0.29, 0.717) is 23.9 Å². The van der Waals surface area contributed by atoms with Gasteiger partial charge >= 0.3 is 0 Å². The SMILES string of the molecule is CCc1c(N)ncnc1Oc1cnc2ccccc2c1.